The lowest BCUT2D eigenvalue weighted by Gasteiger charge is -2.36. The number of carbonyl (C=O) groups is 1. The maximum absolute atomic E-state index is 13.8. The Labute approximate surface area is 253 Å². The number of hydrogen-bond donors (Lipinski definition) is 1. The molecule has 12 heteroatoms. The number of halogens is 3. The summed E-state index contributed by atoms with van der Waals surface area (Å²) in [5.41, 5.74) is 0.336. The van der Waals surface area contributed by atoms with E-state index in [0.717, 1.165) is 12.0 Å². The van der Waals surface area contributed by atoms with Crippen LogP contribution in [-0.4, -0.2) is 40.7 Å². The minimum atomic E-state index is -4.46. The maximum atomic E-state index is 13.8. The SMILES string of the molecule is Cc1c(NS(=O)(=O)c2cc(C(=O)N3CCCC3(C)Cc3cccc(F)c3)cc(Cl)c2Cl)c(=O)n(-c2ccccc2)n1C. The summed E-state index contributed by atoms with van der Waals surface area (Å²) in [4.78, 5) is 28.4. The number of benzene rings is 3. The second kappa shape index (κ2) is 11.2. The third kappa shape index (κ3) is 5.46. The van der Waals surface area contributed by atoms with Gasteiger partial charge in [-0.3, -0.25) is 19.0 Å². The Balaban J connectivity index is 1.49. The van der Waals surface area contributed by atoms with Crippen LogP contribution in [0.3, 0.4) is 0 Å². The Morgan fingerprint density at radius 1 is 1.07 bits per heavy atom. The van der Waals surface area contributed by atoms with Gasteiger partial charge in [-0.05, 0) is 75.1 Å². The van der Waals surface area contributed by atoms with E-state index in [1.807, 2.05) is 13.0 Å². The zero-order valence-corrected chi connectivity index (χ0v) is 25.5. The quantitative estimate of drug-likeness (QED) is 0.272. The van der Waals surface area contributed by atoms with Crippen molar-refractivity contribution >= 4 is 44.8 Å². The van der Waals surface area contributed by atoms with Crippen molar-refractivity contribution in [3.8, 4) is 5.69 Å². The van der Waals surface area contributed by atoms with Crippen LogP contribution in [0.4, 0.5) is 10.1 Å². The molecule has 42 heavy (non-hydrogen) atoms. The van der Waals surface area contributed by atoms with Crippen molar-refractivity contribution in [2.75, 3.05) is 11.3 Å². The fourth-order valence-electron chi connectivity index (χ4n) is 5.55. The van der Waals surface area contributed by atoms with Crippen LogP contribution in [0.5, 0.6) is 0 Å². The molecule has 0 radical (unpaired) electrons. The van der Waals surface area contributed by atoms with Crippen LogP contribution < -0.4 is 10.3 Å². The molecule has 4 aromatic rings. The number of carbonyl (C=O) groups excluding carboxylic acids is 1. The molecule has 1 saturated heterocycles. The Bertz CT molecular complexity index is 1860. The van der Waals surface area contributed by atoms with E-state index in [-0.39, 0.29) is 27.1 Å². The van der Waals surface area contributed by atoms with Gasteiger partial charge in [0.05, 0.1) is 21.4 Å². The summed E-state index contributed by atoms with van der Waals surface area (Å²) < 4.78 is 46.4. The van der Waals surface area contributed by atoms with Gasteiger partial charge >= 0.3 is 0 Å². The second-order valence-corrected chi connectivity index (χ2v) is 13.1. The van der Waals surface area contributed by atoms with Crippen molar-refractivity contribution in [2.24, 2.45) is 7.05 Å². The number of para-hydroxylation sites is 1. The molecule has 1 aliphatic rings. The summed E-state index contributed by atoms with van der Waals surface area (Å²) in [6.45, 7) is 3.98. The fraction of sp³-hybridized carbons (Fsp3) is 0.267. The first-order chi connectivity index (χ1) is 19.8. The lowest BCUT2D eigenvalue weighted by atomic mass is 9.89. The third-order valence-electron chi connectivity index (χ3n) is 7.79. The van der Waals surface area contributed by atoms with Crippen LogP contribution in [0.2, 0.25) is 10.0 Å². The first-order valence-corrected chi connectivity index (χ1v) is 15.5. The predicted octanol–water partition coefficient (Wildman–Crippen LogP) is 5.97. The van der Waals surface area contributed by atoms with Gasteiger partial charge in [0.15, 0.2) is 0 Å². The molecular formula is C30H29Cl2FN4O4S. The van der Waals surface area contributed by atoms with Crippen molar-refractivity contribution < 1.29 is 17.6 Å². The average Bonchev–Trinajstić information content (AvgIpc) is 3.41. The van der Waals surface area contributed by atoms with Gasteiger partial charge in [-0.15, -0.1) is 0 Å². The highest BCUT2D eigenvalue weighted by atomic mass is 35.5. The number of aromatic nitrogens is 2. The molecule has 8 nitrogen and oxygen atoms in total. The van der Waals surface area contributed by atoms with Crippen molar-refractivity contribution in [1.29, 1.82) is 0 Å². The number of sulfonamides is 1. The number of nitrogens with one attached hydrogen (secondary N) is 1. The van der Waals surface area contributed by atoms with E-state index in [2.05, 4.69) is 4.72 Å². The van der Waals surface area contributed by atoms with E-state index in [1.54, 1.807) is 55.3 Å². The topological polar surface area (TPSA) is 93.4 Å². The largest absolute Gasteiger partial charge is 0.333 e. The minimum absolute atomic E-state index is 0.0311. The summed E-state index contributed by atoms with van der Waals surface area (Å²) >= 11 is 12.7. The molecule has 0 bridgehead atoms. The third-order valence-corrected chi connectivity index (χ3v) is 10.1. The van der Waals surface area contributed by atoms with Gasteiger partial charge in [-0.2, -0.15) is 0 Å². The molecule has 0 saturated carbocycles. The lowest BCUT2D eigenvalue weighted by molar-refractivity contribution is 0.0624. The molecule has 2 heterocycles. The summed E-state index contributed by atoms with van der Waals surface area (Å²) in [5, 5.41) is -0.401. The first kappa shape index (κ1) is 29.9. The van der Waals surface area contributed by atoms with Crippen LogP contribution >= 0.6 is 23.2 Å². The lowest BCUT2D eigenvalue weighted by Crippen LogP contribution is -2.46. The zero-order chi connectivity index (χ0) is 30.4. The maximum Gasteiger partial charge on any atom is 0.296 e. The number of nitrogens with zero attached hydrogens (tertiary/aromatic N) is 3. The van der Waals surface area contributed by atoms with Crippen LogP contribution in [-0.2, 0) is 23.5 Å². The van der Waals surface area contributed by atoms with Gasteiger partial charge < -0.3 is 4.90 Å². The van der Waals surface area contributed by atoms with E-state index < -0.39 is 31.9 Å². The highest BCUT2D eigenvalue weighted by molar-refractivity contribution is 7.92. The van der Waals surface area contributed by atoms with E-state index in [1.165, 1.54) is 33.6 Å². The second-order valence-electron chi connectivity index (χ2n) is 10.7. The van der Waals surface area contributed by atoms with E-state index in [9.17, 15) is 22.4 Å². The molecule has 1 N–H and O–H groups in total. The molecule has 1 amide bonds. The van der Waals surface area contributed by atoms with E-state index >= 15 is 0 Å². The summed E-state index contributed by atoms with van der Waals surface area (Å²) in [5.74, 6) is -0.785. The van der Waals surface area contributed by atoms with Gasteiger partial charge in [-0.1, -0.05) is 53.5 Å². The number of rotatable bonds is 7. The normalized spacial score (nSPS) is 17.0. The summed E-state index contributed by atoms with van der Waals surface area (Å²) in [6, 6.07) is 17.5. The molecule has 0 spiro atoms. The van der Waals surface area contributed by atoms with Gasteiger partial charge in [0.2, 0.25) is 0 Å². The van der Waals surface area contributed by atoms with Gasteiger partial charge in [0.1, 0.15) is 16.4 Å². The Morgan fingerprint density at radius 2 is 1.79 bits per heavy atom. The minimum Gasteiger partial charge on any atom is -0.333 e. The number of hydrogen-bond acceptors (Lipinski definition) is 4. The van der Waals surface area contributed by atoms with Crippen molar-refractivity contribution in [1.82, 2.24) is 14.3 Å². The van der Waals surface area contributed by atoms with Crippen molar-refractivity contribution in [3.63, 3.8) is 0 Å². The Kier molecular flexibility index (Phi) is 8.00. The molecule has 1 unspecified atom stereocenters. The number of amides is 1. The van der Waals surface area contributed by atoms with Gasteiger partial charge in [-0.25, -0.2) is 17.5 Å². The van der Waals surface area contributed by atoms with E-state index in [4.69, 9.17) is 23.2 Å². The molecular weight excluding hydrogens is 602 g/mol. The first-order valence-electron chi connectivity index (χ1n) is 13.2. The zero-order valence-electron chi connectivity index (χ0n) is 23.2. The molecule has 1 atom stereocenters. The fourth-order valence-corrected chi connectivity index (χ4v) is 7.48. The molecule has 1 aliphatic heterocycles. The van der Waals surface area contributed by atoms with Crippen molar-refractivity contribution in [3.05, 3.63) is 110 Å². The van der Waals surface area contributed by atoms with Crippen LogP contribution in [0.25, 0.3) is 5.69 Å². The molecule has 1 fully saturated rings. The molecule has 0 aliphatic carbocycles. The van der Waals surface area contributed by atoms with Crippen molar-refractivity contribution in [2.45, 2.75) is 43.5 Å². The molecule has 3 aromatic carbocycles. The Hall–Kier alpha value is -3.60. The standard InChI is InChI=1S/C30H29Cl2FN4O4S/c1-19-27(29(39)37(35(19)3)23-11-5-4-6-12-23)34-42(40,41)25-17-21(16-24(31)26(25)32)28(38)36-14-8-13-30(36,2)18-20-9-7-10-22(33)15-20/h4-7,9-12,15-17,34H,8,13-14,18H2,1-3H3. The Morgan fingerprint density at radius 3 is 2.48 bits per heavy atom. The average molecular weight is 632 g/mol. The highest BCUT2D eigenvalue weighted by Crippen LogP contribution is 2.37. The molecule has 220 valence electrons. The smallest absolute Gasteiger partial charge is 0.296 e. The van der Waals surface area contributed by atoms with Gasteiger partial charge in [0, 0.05) is 24.7 Å². The molecule has 5 rings (SSSR count). The molecule has 1 aromatic heterocycles. The monoisotopic (exact) mass is 630 g/mol. The predicted molar refractivity (Wildman–Crippen MR) is 162 cm³/mol. The van der Waals surface area contributed by atoms with Gasteiger partial charge in [0.25, 0.3) is 21.5 Å². The number of likely N-dealkylation sites (tertiary alicyclic amines) is 1. The highest BCUT2D eigenvalue weighted by Gasteiger charge is 2.40. The van der Waals surface area contributed by atoms with E-state index in [0.29, 0.717) is 30.8 Å². The van der Waals surface area contributed by atoms with Crippen LogP contribution in [0.1, 0.15) is 41.4 Å². The number of anilines is 1. The summed E-state index contributed by atoms with van der Waals surface area (Å²) in [7, 11) is -2.82. The van der Waals surface area contributed by atoms with Crippen LogP contribution in [0, 0.1) is 12.7 Å². The van der Waals surface area contributed by atoms with Crippen LogP contribution in [0.15, 0.2) is 76.4 Å². The summed E-state index contributed by atoms with van der Waals surface area (Å²) in [6.07, 6.45) is 1.84.